The van der Waals surface area contributed by atoms with Gasteiger partial charge in [-0.3, -0.25) is 9.80 Å². The van der Waals surface area contributed by atoms with E-state index in [1.165, 1.54) is 33.0 Å². The average molecular weight is 479 g/mol. The quantitative estimate of drug-likeness (QED) is 0.239. The van der Waals surface area contributed by atoms with Crippen LogP contribution >= 0.6 is 0 Å². The monoisotopic (exact) mass is 478 g/mol. The summed E-state index contributed by atoms with van der Waals surface area (Å²) in [5.41, 5.74) is 5.61. The predicted octanol–water partition coefficient (Wildman–Crippen LogP) is 8.26. The first kappa shape index (κ1) is 26.1. The minimum absolute atomic E-state index is 0.102. The molecule has 0 bridgehead atoms. The van der Waals surface area contributed by atoms with E-state index in [4.69, 9.17) is 0 Å². The van der Waals surface area contributed by atoms with Gasteiger partial charge in [-0.1, -0.05) is 91.0 Å². The van der Waals surface area contributed by atoms with Crippen LogP contribution in [-0.4, -0.2) is 28.4 Å². The van der Waals surface area contributed by atoms with Crippen LogP contribution in [0.3, 0.4) is 0 Å². The van der Waals surface area contributed by atoms with Gasteiger partial charge in [0, 0.05) is 30.7 Å². The predicted molar refractivity (Wildman–Crippen MR) is 155 cm³/mol. The third-order valence-electron chi connectivity index (χ3n) is 7.65. The molecule has 36 heavy (non-hydrogen) atoms. The van der Waals surface area contributed by atoms with Crippen LogP contribution < -0.4 is 0 Å². The van der Waals surface area contributed by atoms with E-state index in [0.29, 0.717) is 12.1 Å². The molecule has 0 radical (unpaired) electrons. The van der Waals surface area contributed by atoms with Crippen molar-refractivity contribution in [3.8, 4) is 0 Å². The third kappa shape index (κ3) is 6.63. The zero-order valence-electron chi connectivity index (χ0n) is 22.9. The maximum atomic E-state index is 2.55. The highest BCUT2D eigenvalue weighted by atomic mass is 15.2. The van der Waals surface area contributed by atoms with E-state index in [-0.39, 0.29) is 5.54 Å². The molecule has 0 heterocycles. The lowest BCUT2D eigenvalue weighted by Gasteiger charge is -2.36. The SMILES string of the molecule is CC(Cc1ccc(CN(Cc2ccccc2)C(C)(C)C)cc1)N(C)[C@H](C)c1ccc2ccccc2c1. The Morgan fingerprint density at radius 1 is 0.639 bits per heavy atom. The normalized spacial score (nSPS) is 13.9. The Balaban J connectivity index is 1.39. The lowest BCUT2D eigenvalue weighted by Crippen LogP contribution is -2.40. The second kappa shape index (κ2) is 11.4. The standard InChI is InChI=1S/C34H42N2/c1-26(35(6)27(2)32-21-20-31-14-10-11-15-33(31)23-32)22-28-16-18-30(19-17-28)25-36(34(3,4)5)24-29-12-8-7-9-13-29/h7-21,23,26-27H,22,24-25H2,1-6H3/t26?,27-/m1/s1. The van der Waals surface area contributed by atoms with E-state index in [0.717, 1.165) is 19.5 Å². The molecule has 4 aromatic rings. The van der Waals surface area contributed by atoms with Gasteiger partial charge in [-0.25, -0.2) is 0 Å². The summed E-state index contributed by atoms with van der Waals surface area (Å²) in [4.78, 5) is 5.05. The van der Waals surface area contributed by atoms with Crippen molar-refractivity contribution in [3.05, 3.63) is 119 Å². The van der Waals surface area contributed by atoms with Crippen LogP contribution in [0.1, 0.15) is 62.9 Å². The van der Waals surface area contributed by atoms with Gasteiger partial charge in [0.15, 0.2) is 0 Å². The second-order valence-corrected chi connectivity index (χ2v) is 11.3. The Bertz CT molecular complexity index is 1240. The summed E-state index contributed by atoms with van der Waals surface area (Å²) < 4.78 is 0. The van der Waals surface area contributed by atoms with Crippen LogP contribution in [0, 0.1) is 0 Å². The maximum Gasteiger partial charge on any atom is 0.0320 e. The minimum Gasteiger partial charge on any atom is -0.297 e. The van der Waals surface area contributed by atoms with E-state index in [2.05, 4.69) is 149 Å². The van der Waals surface area contributed by atoms with Gasteiger partial charge in [0.2, 0.25) is 0 Å². The Morgan fingerprint density at radius 3 is 1.83 bits per heavy atom. The zero-order valence-corrected chi connectivity index (χ0v) is 22.9. The fraction of sp³-hybridized carbons (Fsp3) is 0.353. The summed E-state index contributed by atoms with van der Waals surface area (Å²) in [6.07, 6.45) is 1.04. The number of hydrogen-bond acceptors (Lipinski definition) is 2. The minimum atomic E-state index is 0.102. The van der Waals surface area contributed by atoms with Gasteiger partial charge in [-0.05, 0) is 87.2 Å². The lowest BCUT2D eigenvalue weighted by atomic mass is 9.98. The van der Waals surface area contributed by atoms with Crippen molar-refractivity contribution in [2.45, 2.75) is 71.8 Å². The number of likely N-dealkylation sites (N-methyl/N-ethyl adjacent to an activating group) is 1. The topological polar surface area (TPSA) is 6.48 Å². The first-order valence-corrected chi connectivity index (χ1v) is 13.3. The fourth-order valence-corrected chi connectivity index (χ4v) is 4.90. The van der Waals surface area contributed by atoms with Crippen molar-refractivity contribution in [3.63, 3.8) is 0 Å². The zero-order chi connectivity index (χ0) is 25.7. The highest BCUT2D eigenvalue weighted by molar-refractivity contribution is 5.83. The van der Waals surface area contributed by atoms with Crippen LogP contribution in [0.25, 0.3) is 10.8 Å². The van der Waals surface area contributed by atoms with Gasteiger partial charge in [0.05, 0.1) is 0 Å². The molecule has 0 aliphatic rings. The van der Waals surface area contributed by atoms with E-state index >= 15 is 0 Å². The molecule has 0 aliphatic carbocycles. The number of nitrogens with zero attached hydrogens (tertiary/aromatic N) is 2. The first-order valence-electron chi connectivity index (χ1n) is 13.3. The maximum absolute atomic E-state index is 2.55. The van der Waals surface area contributed by atoms with Gasteiger partial charge in [-0.2, -0.15) is 0 Å². The van der Waals surface area contributed by atoms with Crippen molar-refractivity contribution in [1.29, 1.82) is 0 Å². The largest absolute Gasteiger partial charge is 0.297 e. The molecule has 4 rings (SSSR count). The summed E-state index contributed by atoms with van der Waals surface area (Å²) in [5.74, 6) is 0. The molecule has 2 heteroatoms. The molecule has 188 valence electrons. The Hall–Kier alpha value is -2.94. The molecule has 0 aromatic heterocycles. The average Bonchev–Trinajstić information content (AvgIpc) is 2.88. The number of benzene rings is 4. The Labute approximate surface area is 218 Å². The molecule has 0 saturated carbocycles. The molecule has 0 aliphatic heterocycles. The van der Waals surface area contributed by atoms with E-state index < -0.39 is 0 Å². The van der Waals surface area contributed by atoms with Crippen LogP contribution in [-0.2, 0) is 19.5 Å². The van der Waals surface area contributed by atoms with Gasteiger partial charge in [0.1, 0.15) is 0 Å². The molecule has 0 amide bonds. The summed E-state index contributed by atoms with van der Waals surface area (Å²) in [7, 11) is 2.25. The molecule has 0 N–H and O–H groups in total. The van der Waals surface area contributed by atoms with Crippen molar-refractivity contribution in [2.75, 3.05) is 7.05 Å². The lowest BCUT2D eigenvalue weighted by molar-refractivity contribution is 0.118. The second-order valence-electron chi connectivity index (χ2n) is 11.3. The van der Waals surface area contributed by atoms with Gasteiger partial charge in [0.25, 0.3) is 0 Å². The first-order chi connectivity index (χ1) is 17.2. The van der Waals surface area contributed by atoms with Gasteiger partial charge >= 0.3 is 0 Å². The summed E-state index contributed by atoms with van der Waals surface area (Å²) in [6, 6.07) is 36.4. The summed E-state index contributed by atoms with van der Waals surface area (Å²) >= 11 is 0. The molecule has 2 nitrogen and oxygen atoms in total. The molecule has 0 fully saturated rings. The Morgan fingerprint density at radius 2 is 1.19 bits per heavy atom. The molecular weight excluding hydrogens is 436 g/mol. The van der Waals surface area contributed by atoms with E-state index in [9.17, 15) is 0 Å². The third-order valence-corrected chi connectivity index (χ3v) is 7.65. The van der Waals surface area contributed by atoms with Crippen LogP contribution in [0.4, 0.5) is 0 Å². The van der Waals surface area contributed by atoms with Crippen molar-refractivity contribution in [2.24, 2.45) is 0 Å². The van der Waals surface area contributed by atoms with Crippen LogP contribution in [0.2, 0.25) is 0 Å². The number of hydrogen-bond donors (Lipinski definition) is 0. The molecule has 0 spiro atoms. The number of rotatable bonds is 9. The molecular formula is C34H42N2. The van der Waals surface area contributed by atoms with E-state index in [1.54, 1.807) is 0 Å². The van der Waals surface area contributed by atoms with Crippen LogP contribution in [0.5, 0.6) is 0 Å². The van der Waals surface area contributed by atoms with Crippen molar-refractivity contribution in [1.82, 2.24) is 9.80 Å². The number of fused-ring (bicyclic) bond motifs is 1. The van der Waals surface area contributed by atoms with Crippen LogP contribution in [0.15, 0.2) is 97.1 Å². The summed E-state index contributed by atoms with van der Waals surface area (Å²) in [5, 5.41) is 2.62. The fourth-order valence-electron chi connectivity index (χ4n) is 4.90. The van der Waals surface area contributed by atoms with Crippen molar-refractivity contribution < 1.29 is 0 Å². The van der Waals surface area contributed by atoms with Crippen molar-refractivity contribution >= 4 is 10.8 Å². The smallest absolute Gasteiger partial charge is 0.0320 e. The molecule has 0 saturated heterocycles. The summed E-state index contributed by atoms with van der Waals surface area (Å²) in [6.45, 7) is 13.5. The molecule has 1 unspecified atom stereocenters. The molecule has 2 atom stereocenters. The van der Waals surface area contributed by atoms with Gasteiger partial charge < -0.3 is 0 Å². The highest BCUT2D eigenvalue weighted by Crippen LogP contribution is 2.26. The van der Waals surface area contributed by atoms with E-state index in [1.807, 2.05) is 0 Å². The van der Waals surface area contributed by atoms with Gasteiger partial charge in [-0.15, -0.1) is 0 Å². The Kier molecular flexibility index (Phi) is 8.28. The highest BCUT2D eigenvalue weighted by Gasteiger charge is 2.22. The molecule has 4 aromatic carbocycles.